The molecule has 6 aliphatic rings. The summed E-state index contributed by atoms with van der Waals surface area (Å²) in [5.41, 5.74) is 0. The van der Waals surface area contributed by atoms with Crippen molar-refractivity contribution in [3.05, 3.63) is 0 Å². The third kappa shape index (κ3) is 13.6. The highest BCUT2D eigenvalue weighted by atomic mass is 16.8. The zero-order chi connectivity index (χ0) is 56.2. The number of ether oxygens (including phenoxy) is 11. The molecule has 18 unspecified atom stereocenters. The minimum absolute atomic E-state index is 0.549. The van der Waals surface area contributed by atoms with Crippen LogP contribution in [0.2, 0.25) is 0 Å². The summed E-state index contributed by atoms with van der Waals surface area (Å²) in [4.78, 5) is 37.1. The van der Waals surface area contributed by atoms with Crippen molar-refractivity contribution in [1.29, 1.82) is 0 Å². The normalized spacial score (nSPS) is 48.2. The molecule has 0 aromatic carbocycles. The first kappa shape index (κ1) is 62.5. The van der Waals surface area contributed by atoms with E-state index in [1.807, 2.05) is 0 Å². The van der Waals surface area contributed by atoms with E-state index in [9.17, 15) is 96.1 Å². The fourth-order valence-corrected chi connectivity index (χ4v) is 9.96. The van der Waals surface area contributed by atoms with Crippen molar-refractivity contribution < 1.29 is 148 Å². The monoisotopic (exact) mass is 1110 g/mol. The first-order chi connectivity index (χ1) is 35.9. The summed E-state index contributed by atoms with van der Waals surface area (Å²) in [6.07, 6.45) is -49.3. The van der Waals surface area contributed by atoms with Crippen LogP contribution in [0.25, 0.3) is 0 Å². The minimum atomic E-state index is -2.25. The average molecular weight is 1110 g/mol. The molecule has 76 heavy (non-hydrogen) atoms. The molecule has 6 saturated heterocycles. The Bertz CT molecular complexity index is 1870. The van der Waals surface area contributed by atoms with Crippen LogP contribution < -0.4 is 16.0 Å². The lowest BCUT2D eigenvalue weighted by atomic mass is 9.92. The van der Waals surface area contributed by atoms with E-state index in [4.69, 9.17) is 52.1 Å². The number of hydrogen-bond acceptors (Lipinski definition) is 30. The van der Waals surface area contributed by atoms with Crippen LogP contribution in [0.5, 0.6) is 0 Å². The van der Waals surface area contributed by atoms with Crippen LogP contribution >= 0.6 is 0 Å². The van der Waals surface area contributed by atoms with Crippen LogP contribution in [0.3, 0.4) is 0 Å². The Morgan fingerprint density at radius 2 is 0.645 bits per heavy atom. The van der Waals surface area contributed by atoms with Crippen LogP contribution in [0.1, 0.15) is 27.7 Å². The molecule has 0 aromatic rings. The number of carbonyl (C=O) groups excluding carboxylic acids is 3. The molecule has 0 saturated carbocycles. The largest absolute Gasteiger partial charge is 0.394 e. The van der Waals surface area contributed by atoms with Crippen molar-refractivity contribution in [3.8, 4) is 0 Å². The Hall–Kier alpha value is -2.67. The summed E-state index contributed by atoms with van der Waals surface area (Å²) in [5.74, 6) is -2.17. The van der Waals surface area contributed by atoms with Crippen LogP contribution in [-0.4, -0.2) is 323 Å². The number of carbonyl (C=O) groups is 3. The van der Waals surface area contributed by atoms with E-state index in [0.29, 0.717) is 0 Å². The molecule has 6 rings (SSSR count). The van der Waals surface area contributed by atoms with E-state index < -0.39 is 241 Å². The van der Waals surface area contributed by atoms with Gasteiger partial charge in [0.25, 0.3) is 0 Å². The predicted molar refractivity (Wildman–Crippen MR) is 237 cm³/mol. The lowest BCUT2D eigenvalue weighted by molar-refractivity contribution is -0.395. The molecule has 0 aliphatic carbocycles. The second-order valence-corrected chi connectivity index (χ2v) is 19.3. The summed E-state index contributed by atoms with van der Waals surface area (Å²) in [5, 5.41) is 181. The van der Waals surface area contributed by atoms with Gasteiger partial charge in [-0.1, -0.05) is 0 Å². The second kappa shape index (κ2) is 27.2. The Balaban J connectivity index is 1.24. The Morgan fingerprint density at radius 1 is 0.329 bits per heavy atom. The molecule has 0 spiro atoms. The summed E-state index contributed by atoms with van der Waals surface area (Å²) in [7, 11) is 0. The Labute approximate surface area is 432 Å². The molecule has 0 radical (unpaired) electrons. The van der Waals surface area contributed by atoms with E-state index in [0.717, 1.165) is 13.8 Å². The van der Waals surface area contributed by atoms with Gasteiger partial charge in [-0.2, -0.15) is 0 Å². The number of nitrogens with one attached hydrogen (secondary N) is 3. The smallest absolute Gasteiger partial charge is 0.217 e. The number of amides is 3. The van der Waals surface area contributed by atoms with E-state index in [2.05, 4.69) is 16.0 Å². The highest BCUT2D eigenvalue weighted by molar-refractivity contribution is 5.74. The van der Waals surface area contributed by atoms with Gasteiger partial charge < -0.3 is 150 Å². The van der Waals surface area contributed by atoms with Crippen molar-refractivity contribution in [2.24, 2.45) is 0 Å². The second-order valence-electron chi connectivity index (χ2n) is 19.3. The molecule has 33 nitrogen and oxygen atoms in total. The summed E-state index contributed by atoms with van der Waals surface area (Å²) >= 11 is 0. The van der Waals surface area contributed by atoms with E-state index >= 15 is 0 Å². The molecule has 0 bridgehead atoms. The highest BCUT2D eigenvalue weighted by Gasteiger charge is 2.58. The molecular weight excluding hydrogens is 1040 g/mol. The van der Waals surface area contributed by atoms with Crippen LogP contribution in [0.4, 0.5) is 0 Å². The fraction of sp³-hybridized carbons (Fsp3) is 0.930. The number of hydrogen-bond donors (Lipinski definition) is 19. The van der Waals surface area contributed by atoms with Gasteiger partial charge in [-0.25, -0.2) is 0 Å². The van der Waals surface area contributed by atoms with Gasteiger partial charge in [0.1, 0.15) is 140 Å². The Kier molecular flexibility index (Phi) is 22.4. The lowest BCUT2D eigenvalue weighted by Crippen LogP contribution is -2.70. The van der Waals surface area contributed by atoms with Crippen LogP contribution in [0.15, 0.2) is 0 Å². The first-order valence-electron chi connectivity index (χ1n) is 24.4. The molecule has 6 heterocycles. The van der Waals surface area contributed by atoms with Gasteiger partial charge in [-0.3, -0.25) is 14.4 Å². The molecule has 33 heteroatoms. The predicted octanol–water partition coefficient (Wildman–Crippen LogP) is -12.6. The van der Waals surface area contributed by atoms with Gasteiger partial charge in [0.2, 0.25) is 17.7 Å². The van der Waals surface area contributed by atoms with Gasteiger partial charge in [-0.05, 0) is 6.92 Å². The number of aliphatic hydroxyl groups excluding tert-OH is 16. The molecule has 6 fully saturated rings. The topological polar surface area (TPSA) is 513 Å². The van der Waals surface area contributed by atoms with Crippen molar-refractivity contribution in [1.82, 2.24) is 16.0 Å². The maximum absolute atomic E-state index is 12.6. The van der Waals surface area contributed by atoms with Crippen molar-refractivity contribution in [3.63, 3.8) is 0 Å². The third-order valence-corrected chi connectivity index (χ3v) is 13.9. The van der Waals surface area contributed by atoms with Crippen LogP contribution in [-0.2, 0) is 66.5 Å². The number of aliphatic hydroxyl groups is 16. The van der Waals surface area contributed by atoms with Crippen molar-refractivity contribution in [2.45, 2.75) is 212 Å². The van der Waals surface area contributed by atoms with Gasteiger partial charge in [0, 0.05) is 20.8 Å². The summed E-state index contributed by atoms with van der Waals surface area (Å²) in [6.45, 7) is -0.877. The summed E-state index contributed by atoms with van der Waals surface area (Å²) < 4.78 is 64.2. The lowest BCUT2D eigenvalue weighted by Gasteiger charge is -2.51. The molecule has 30 atom stereocenters. The highest BCUT2D eigenvalue weighted by Crippen LogP contribution is 2.37. The van der Waals surface area contributed by atoms with Crippen molar-refractivity contribution >= 4 is 17.7 Å². The minimum Gasteiger partial charge on any atom is -0.394 e. The standard InChI is InChI=1S/C43H73N3O30/c1-11-21(44-12(2)53)27(59)34(18(8-50)66-11)72-39-22(45-13(3)54)28(60)36(20(10-52)70-39)74-42-33(65)37(26(58)17(7-49)68-42)75-43-38(31(63)25(57)16(6-48)69-43)76-40-23(46-14(4)55)29(61)35(19(9-51)71-40)73-41-32(64)30(62)24(56)15(5-47)67-41/h11,15-43,47-52,56-65H,5-10H2,1-4H3,(H,44,53)(H,45,54)(H,46,55)/t11-,15?,16?,17?,18?,19?,20?,21?,22?,23?,24-,25+,26+,27?,28?,29?,30?,31?,32?,33?,34+,35+,36+,37?,38?,39-,40-,41-,42-,43+/m0/s1. The summed E-state index contributed by atoms with van der Waals surface area (Å²) in [6, 6.07) is -4.51. The SMILES string of the molecule is CC(=O)NC1C(O)[C@H](O[C@@H]2OC(CO)[C@H](O)C(O)C2O)C(CO)O[C@H]1OC1C(O)[C@H](O)C(CO)O[C@@H]1OC1C(O)[C@H](O[C@@H]2C(CO)O[C@@H](O[C@@H]3C(CO)O[C@@H](C)C(NC(C)=O)C3O)C(NC(C)=O)C2O)OC(CO)[C@H]1O. The van der Waals surface area contributed by atoms with Crippen LogP contribution in [0, 0.1) is 0 Å². The van der Waals surface area contributed by atoms with E-state index in [-0.39, 0.29) is 0 Å². The zero-order valence-electron chi connectivity index (χ0n) is 41.4. The first-order valence-corrected chi connectivity index (χ1v) is 24.4. The molecule has 0 aromatic heterocycles. The van der Waals surface area contributed by atoms with Gasteiger partial charge >= 0.3 is 0 Å². The Morgan fingerprint density at radius 3 is 1.08 bits per heavy atom. The maximum Gasteiger partial charge on any atom is 0.217 e. The molecule has 6 aliphatic heterocycles. The van der Waals surface area contributed by atoms with Gasteiger partial charge in [0.15, 0.2) is 31.5 Å². The molecule has 440 valence electrons. The zero-order valence-corrected chi connectivity index (χ0v) is 41.4. The quantitative estimate of drug-likeness (QED) is 0.0571. The van der Waals surface area contributed by atoms with Gasteiger partial charge in [0.05, 0.1) is 51.8 Å². The fourth-order valence-electron chi connectivity index (χ4n) is 9.96. The maximum atomic E-state index is 12.6. The third-order valence-electron chi connectivity index (χ3n) is 13.9. The van der Waals surface area contributed by atoms with E-state index in [1.165, 1.54) is 13.8 Å². The molecule has 3 amide bonds. The van der Waals surface area contributed by atoms with Gasteiger partial charge in [-0.15, -0.1) is 0 Å². The van der Waals surface area contributed by atoms with E-state index in [1.54, 1.807) is 0 Å². The number of rotatable bonds is 19. The molecular formula is C43H73N3O30. The molecule has 19 N–H and O–H groups in total. The average Bonchev–Trinajstić information content (AvgIpc) is 3.38. The van der Waals surface area contributed by atoms with Crippen molar-refractivity contribution in [2.75, 3.05) is 39.6 Å².